The maximum absolute atomic E-state index is 11.0. The van der Waals surface area contributed by atoms with Crippen LogP contribution in [0.2, 0.25) is 0 Å². The lowest BCUT2D eigenvalue weighted by molar-refractivity contribution is -0.384. The van der Waals surface area contributed by atoms with Crippen LogP contribution in [-0.4, -0.2) is 22.9 Å². The van der Waals surface area contributed by atoms with Gasteiger partial charge in [-0.1, -0.05) is 19.9 Å². The van der Waals surface area contributed by atoms with Gasteiger partial charge in [0.2, 0.25) is 0 Å². The molecule has 6 nitrogen and oxygen atoms in total. The molecule has 0 heterocycles. The first kappa shape index (κ1) is 16.4. The summed E-state index contributed by atoms with van der Waals surface area (Å²) in [5.74, 6) is 5.91. The highest BCUT2D eigenvalue weighted by atomic mass is 16.6. The molecule has 0 aliphatic rings. The molecule has 0 radical (unpaired) electrons. The Labute approximate surface area is 120 Å². The van der Waals surface area contributed by atoms with Crippen molar-refractivity contribution in [3.8, 4) is 0 Å². The summed E-state index contributed by atoms with van der Waals surface area (Å²) >= 11 is 0. The van der Waals surface area contributed by atoms with E-state index in [1.165, 1.54) is 0 Å². The topological polar surface area (TPSA) is 84.4 Å². The van der Waals surface area contributed by atoms with Gasteiger partial charge >= 0.3 is 0 Å². The van der Waals surface area contributed by atoms with E-state index in [2.05, 4.69) is 31.1 Å². The van der Waals surface area contributed by atoms with Gasteiger partial charge in [-0.3, -0.25) is 20.9 Å². The number of anilines is 1. The summed E-state index contributed by atoms with van der Waals surface area (Å²) in [7, 11) is 2.04. The summed E-state index contributed by atoms with van der Waals surface area (Å²) in [5.41, 5.74) is 3.60. The summed E-state index contributed by atoms with van der Waals surface area (Å²) in [6.45, 7) is 7.23. The molecule has 0 bridgehead atoms. The van der Waals surface area contributed by atoms with Crippen LogP contribution in [-0.2, 0) is 6.54 Å². The lowest BCUT2D eigenvalue weighted by Gasteiger charge is -2.26. The monoisotopic (exact) mass is 280 g/mol. The van der Waals surface area contributed by atoms with Crippen molar-refractivity contribution in [1.82, 2.24) is 4.90 Å². The third-order valence-electron chi connectivity index (χ3n) is 3.41. The van der Waals surface area contributed by atoms with E-state index in [1.54, 1.807) is 12.1 Å². The molecule has 20 heavy (non-hydrogen) atoms. The van der Waals surface area contributed by atoms with Gasteiger partial charge in [0.15, 0.2) is 0 Å². The highest BCUT2D eigenvalue weighted by molar-refractivity contribution is 5.61. The number of nitrogens with two attached hydrogens (primary N) is 1. The summed E-state index contributed by atoms with van der Waals surface area (Å²) in [5, 5.41) is 11.0. The average molecular weight is 280 g/mol. The van der Waals surface area contributed by atoms with Gasteiger partial charge in [0.05, 0.1) is 4.92 Å². The molecule has 1 unspecified atom stereocenters. The molecule has 112 valence electrons. The zero-order valence-electron chi connectivity index (χ0n) is 12.6. The molecule has 1 rings (SSSR count). The smallest absolute Gasteiger partial charge is 0.293 e. The van der Waals surface area contributed by atoms with Gasteiger partial charge in [0, 0.05) is 18.7 Å². The molecule has 0 amide bonds. The largest absolute Gasteiger partial charge is 0.318 e. The fourth-order valence-electron chi connectivity index (χ4n) is 2.25. The van der Waals surface area contributed by atoms with Gasteiger partial charge in [-0.15, -0.1) is 0 Å². The molecule has 6 heteroatoms. The number of hydrogen-bond donors (Lipinski definition) is 2. The number of nitro groups is 1. The van der Waals surface area contributed by atoms with E-state index in [4.69, 9.17) is 5.84 Å². The Hall–Kier alpha value is -1.66. The highest BCUT2D eigenvalue weighted by Gasteiger charge is 2.16. The minimum atomic E-state index is -0.420. The van der Waals surface area contributed by atoms with Crippen molar-refractivity contribution in [2.45, 2.75) is 39.8 Å². The minimum Gasteiger partial charge on any atom is -0.318 e. The van der Waals surface area contributed by atoms with Crippen molar-refractivity contribution >= 4 is 11.4 Å². The minimum absolute atomic E-state index is 0.00918. The van der Waals surface area contributed by atoms with Crippen LogP contribution in [0.15, 0.2) is 18.2 Å². The zero-order chi connectivity index (χ0) is 15.3. The predicted octanol–water partition coefficient (Wildman–Crippen LogP) is 2.75. The number of nitro benzene ring substituents is 1. The van der Waals surface area contributed by atoms with Crippen LogP contribution in [0.4, 0.5) is 11.4 Å². The van der Waals surface area contributed by atoms with E-state index in [-0.39, 0.29) is 5.69 Å². The van der Waals surface area contributed by atoms with E-state index in [0.717, 1.165) is 12.0 Å². The lowest BCUT2D eigenvalue weighted by Crippen LogP contribution is -2.29. The van der Waals surface area contributed by atoms with Gasteiger partial charge < -0.3 is 5.43 Å². The Morgan fingerprint density at radius 3 is 2.55 bits per heavy atom. The molecule has 0 fully saturated rings. The van der Waals surface area contributed by atoms with E-state index in [0.29, 0.717) is 24.2 Å². The molecule has 3 N–H and O–H groups in total. The molecule has 0 saturated carbocycles. The number of hydrogen-bond acceptors (Lipinski definition) is 5. The standard InChI is InChI=1S/C14H24N4O2/c1-10(2)7-11(3)17(4)9-12-5-6-13(16-15)14(8-12)18(19)20/h5-6,8,10-11,16H,7,9,15H2,1-4H3. The Morgan fingerprint density at radius 1 is 1.40 bits per heavy atom. The molecular formula is C14H24N4O2. The van der Waals surface area contributed by atoms with Gasteiger partial charge in [0.25, 0.3) is 5.69 Å². The fourth-order valence-corrected chi connectivity index (χ4v) is 2.25. The summed E-state index contributed by atoms with van der Waals surface area (Å²) in [6, 6.07) is 5.52. The molecule has 0 saturated heterocycles. The maximum atomic E-state index is 11.0. The van der Waals surface area contributed by atoms with Gasteiger partial charge in [0.1, 0.15) is 5.69 Å². The van der Waals surface area contributed by atoms with Gasteiger partial charge in [-0.2, -0.15) is 0 Å². The lowest BCUT2D eigenvalue weighted by atomic mass is 10.0. The average Bonchev–Trinajstić information content (AvgIpc) is 2.37. The molecule has 1 aromatic rings. The van der Waals surface area contributed by atoms with E-state index < -0.39 is 4.92 Å². The fraction of sp³-hybridized carbons (Fsp3) is 0.571. The SMILES string of the molecule is CC(C)CC(C)N(C)Cc1ccc(NN)c([N+](=O)[O-])c1. The molecule has 1 aromatic carbocycles. The third kappa shape index (κ3) is 4.47. The van der Waals surface area contributed by atoms with E-state index >= 15 is 0 Å². The second-order valence-electron chi connectivity index (χ2n) is 5.65. The molecule has 0 aliphatic carbocycles. The Bertz CT molecular complexity index is 462. The van der Waals surface area contributed by atoms with E-state index in [1.807, 2.05) is 13.1 Å². The van der Waals surface area contributed by atoms with Gasteiger partial charge in [-0.05, 0) is 37.9 Å². The Kier molecular flexibility index (Phi) is 5.91. The van der Waals surface area contributed by atoms with Gasteiger partial charge in [-0.25, -0.2) is 0 Å². The first-order chi connectivity index (χ1) is 9.35. The van der Waals surface area contributed by atoms with Crippen molar-refractivity contribution in [1.29, 1.82) is 0 Å². The second kappa shape index (κ2) is 7.21. The van der Waals surface area contributed by atoms with Crippen LogP contribution < -0.4 is 11.3 Å². The van der Waals surface area contributed by atoms with Crippen molar-refractivity contribution in [2.75, 3.05) is 12.5 Å². The molecule has 0 spiro atoms. The first-order valence-electron chi connectivity index (χ1n) is 6.79. The number of nitrogens with zero attached hydrogens (tertiary/aromatic N) is 2. The quantitative estimate of drug-likeness (QED) is 0.456. The normalized spacial score (nSPS) is 12.8. The molecule has 0 aliphatic heterocycles. The van der Waals surface area contributed by atoms with Crippen LogP contribution in [0.3, 0.4) is 0 Å². The number of nitrogens with one attached hydrogen (secondary N) is 1. The predicted molar refractivity (Wildman–Crippen MR) is 81.3 cm³/mol. The van der Waals surface area contributed by atoms with Crippen LogP contribution in [0.1, 0.15) is 32.8 Å². The number of hydrazine groups is 1. The third-order valence-corrected chi connectivity index (χ3v) is 3.41. The molecular weight excluding hydrogens is 256 g/mol. The summed E-state index contributed by atoms with van der Waals surface area (Å²) < 4.78 is 0. The van der Waals surface area contributed by atoms with Crippen LogP contribution in [0, 0.1) is 16.0 Å². The van der Waals surface area contributed by atoms with Crippen molar-refractivity contribution < 1.29 is 4.92 Å². The summed E-state index contributed by atoms with van der Waals surface area (Å²) in [4.78, 5) is 12.8. The van der Waals surface area contributed by atoms with Crippen molar-refractivity contribution in [3.63, 3.8) is 0 Å². The Balaban J connectivity index is 2.82. The van der Waals surface area contributed by atoms with Crippen molar-refractivity contribution in [2.24, 2.45) is 11.8 Å². The number of rotatable bonds is 7. The van der Waals surface area contributed by atoms with Crippen molar-refractivity contribution in [3.05, 3.63) is 33.9 Å². The summed E-state index contributed by atoms with van der Waals surface area (Å²) in [6.07, 6.45) is 1.10. The second-order valence-corrected chi connectivity index (χ2v) is 5.65. The van der Waals surface area contributed by atoms with Crippen LogP contribution in [0.5, 0.6) is 0 Å². The highest BCUT2D eigenvalue weighted by Crippen LogP contribution is 2.25. The maximum Gasteiger partial charge on any atom is 0.293 e. The zero-order valence-corrected chi connectivity index (χ0v) is 12.6. The van der Waals surface area contributed by atoms with Crippen LogP contribution in [0.25, 0.3) is 0 Å². The first-order valence-corrected chi connectivity index (χ1v) is 6.79. The number of nitrogen functional groups attached to an aromatic ring is 1. The van der Waals surface area contributed by atoms with Crippen LogP contribution >= 0.6 is 0 Å². The molecule has 0 aromatic heterocycles. The molecule has 1 atom stereocenters. The Morgan fingerprint density at radius 2 is 2.05 bits per heavy atom. The number of benzene rings is 1. The van der Waals surface area contributed by atoms with E-state index in [9.17, 15) is 10.1 Å².